The molecule has 1 saturated heterocycles. The topological polar surface area (TPSA) is 99.9 Å². The van der Waals surface area contributed by atoms with Gasteiger partial charge in [-0.2, -0.15) is 22.0 Å². The summed E-state index contributed by atoms with van der Waals surface area (Å²) in [6, 6.07) is -0.146. The molecule has 26 heavy (non-hydrogen) atoms. The van der Waals surface area contributed by atoms with Crippen molar-refractivity contribution < 1.29 is 17.7 Å². The molecule has 0 radical (unpaired) electrons. The van der Waals surface area contributed by atoms with Gasteiger partial charge in [-0.05, 0) is 12.8 Å². The Morgan fingerprint density at radius 3 is 2.62 bits per heavy atom. The van der Waals surface area contributed by atoms with Gasteiger partial charge in [-0.1, -0.05) is 19.0 Å². The molecule has 1 aliphatic heterocycles. The number of rotatable bonds is 7. The zero-order valence-corrected chi connectivity index (χ0v) is 17.0. The Morgan fingerprint density at radius 1 is 1.38 bits per heavy atom. The third-order valence-electron chi connectivity index (χ3n) is 4.55. The third kappa shape index (κ3) is 4.80. The molecule has 1 amide bonds. The van der Waals surface area contributed by atoms with E-state index in [1.807, 2.05) is 13.8 Å². The fourth-order valence-electron chi connectivity index (χ4n) is 3.04. The van der Waals surface area contributed by atoms with Crippen LogP contribution in [0.5, 0.6) is 0 Å². The molecule has 148 valence electrons. The van der Waals surface area contributed by atoms with Gasteiger partial charge in [0.1, 0.15) is 0 Å². The van der Waals surface area contributed by atoms with Crippen LogP contribution < -0.4 is 0 Å². The van der Waals surface area contributed by atoms with Crippen LogP contribution >= 0.6 is 0 Å². The van der Waals surface area contributed by atoms with Gasteiger partial charge in [0.05, 0.1) is 0 Å². The maximum absolute atomic E-state index is 12.4. The fourth-order valence-corrected chi connectivity index (χ4v) is 4.22. The molecular weight excluding hydrogens is 358 g/mol. The lowest BCUT2D eigenvalue weighted by Crippen LogP contribution is -2.53. The number of carbonyl (C=O) groups excluding carboxylic acids is 1. The minimum Gasteiger partial charge on any atom is -0.339 e. The Morgan fingerprint density at radius 2 is 2.08 bits per heavy atom. The van der Waals surface area contributed by atoms with Crippen molar-refractivity contribution in [3.63, 3.8) is 0 Å². The molecular formula is C16H29N5O4S. The van der Waals surface area contributed by atoms with Crippen LogP contribution in [-0.2, 0) is 21.4 Å². The van der Waals surface area contributed by atoms with Crippen molar-refractivity contribution >= 4 is 16.1 Å². The van der Waals surface area contributed by atoms with Crippen LogP contribution in [0.2, 0.25) is 0 Å². The monoisotopic (exact) mass is 387 g/mol. The van der Waals surface area contributed by atoms with Gasteiger partial charge in [-0.25, -0.2) is 0 Å². The molecule has 0 aromatic carbocycles. The number of amides is 1. The van der Waals surface area contributed by atoms with Gasteiger partial charge in [0, 0.05) is 59.0 Å². The molecule has 2 heterocycles. The summed E-state index contributed by atoms with van der Waals surface area (Å²) in [4.78, 5) is 18.2. The van der Waals surface area contributed by atoms with Gasteiger partial charge >= 0.3 is 0 Å². The van der Waals surface area contributed by atoms with E-state index in [-0.39, 0.29) is 17.9 Å². The molecule has 1 fully saturated rings. The molecule has 2 rings (SSSR count). The highest BCUT2D eigenvalue weighted by atomic mass is 32.2. The quantitative estimate of drug-likeness (QED) is 0.688. The first-order valence-electron chi connectivity index (χ1n) is 8.90. The highest BCUT2D eigenvalue weighted by Crippen LogP contribution is 2.20. The molecule has 1 aromatic rings. The average Bonchev–Trinajstić information content (AvgIpc) is 3.04. The maximum atomic E-state index is 12.4. The molecule has 9 nitrogen and oxygen atoms in total. The summed E-state index contributed by atoms with van der Waals surface area (Å²) in [5.74, 6) is 1.22. The first kappa shape index (κ1) is 20.8. The molecule has 0 aliphatic carbocycles. The Balaban J connectivity index is 2.05. The summed E-state index contributed by atoms with van der Waals surface area (Å²) in [5, 5.41) is 3.95. The summed E-state index contributed by atoms with van der Waals surface area (Å²) in [6.07, 6.45) is 1.98. The molecule has 0 bridgehead atoms. The van der Waals surface area contributed by atoms with E-state index in [1.54, 1.807) is 4.90 Å². The van der Waals surface area contributed by atoms with Crippen molar-refractivity contribution in [2.75, 3.05) is 33.7 Å². The highest BCUT2D eigenvalue weighted by molar-refractivity contribution is 7.86. The molecule has 0 spiro atoms. The summed E-state index contributed by atoms with van der Waals surface area (Å²) in [6.45, 7) is 6.68. The minimum absolute atomic E-state index is 0.0771. The zero-order chi connectivity index (χ0) is 19.5. The number of nitrogens with zero attached hydrogens (tertiary/aromatic N) is 5. The number of hydrogen-bond acceptors (Lipinski definition) is 6. The zero-order valence-electron chi connectivity index (χ0n) is 16.2. The van der Waals surface area contributed by atoms with Crippen LogP contribution in [0.4, 0.5) is 0 Å². The number of carbonyl (C=O) groups is 1. The highest BCUT2D eigenvalue weighted by Gasteiger charge is 2.33. The van der Waals surface area contributed by atoms with Crippen molar-refractivity contribution in [1.82, 2.24) is 23.7 Å². The lowest BCUT2D eigenvalue weighted by atomic mass is 10.1. The van der Waals surface area contributed by atoms with E-state index in [2.05, 4.69) is 10.1 Å². The van der Waals surface area contributed by atoms with Crippen LogP contribution in [0.1, 0.15) is 51.2 Å². The SMILES string of the molecule is CC(=O)N(CCc1noc(C(C)C)n1)C1CCCN(S(=O)(=O)N(C)C)C1. The van der Waals surface area contributed by atoms with E-state index in [1.165, 1.54) is 29.6 Å². The Kier molecular flexibility index (Phi) is 6.75. The Hall–Kier alpha value is -1.52. The van der Waals surface area contributed by atoms with E-state index in [9.17, 15) is 13.2 Å². The van der Waals surface area contributed by atoms with Crippen molar-refractivity contribution in [2.24, 2.45) is 0 Å². The standard InChI is InChI=1S/C16H29N5O4S/c1-12(2)16-17-15(18-25-16)8-10-21(13(3)22)14-7-6-9-20(11-14)26(23,24)19(4)5/h12,14H,6-11H2,1-5H3. The molecule has 0 saturated carbocycles. The van der Waals surface area contributed by atoms with Crippen molar-refractivity contribution in [1.29, 1.82) is 0 Å². The van der Waals surface area contributed by atoms with Gasteiger partial charge < -0.3 is 9.42 Å². The van der Waals surface area contributed by atoms with Gasteiger partial charge in [-0.15, -0.1) is 0 Å². The first-order chi connectivity index (χ1) is 12.1. The van der Waals surface area contributed by atoms with Crippen molar-refractivity contribution in [3.05, 3.63) is 11.7 Å². The second-order valence-electron chi connectivity index (χ2n) is 7.11. The Bertz CT molecular complexity index is 716. The normalized spacial score (nSPS) is 19.3. The van der Waals surface area contributed by atoms with E-state index in [4.69, 9.17) is 4.52 Å². The summed E-state index contributed by atoms with van der Waals surface area (Å²) in [7, 11) is -0.440. The second-order valence-corrected chi connectivity index (χ2v) is 9.25. The van der Waals surface area contributed by atoms with Crippen LogP contribution in [0.3, 0.4) is 0 Å². The van der Waals surface area contributed by atoms with Crippen LogP contribution in [0, 0.1) is 0 Å². The van der Waals surface area contributed by atoms with E-state index >= 15 is 0 Å². The van der Waals surface area contributed by atoms with E-state index in [0.717, 1.165) is 12.8 Å². The molecule has 10 heteroatoms. The molecule has 1 atom stereocenters. The minimum atomic E-state index is -3.48. The number of aromatic nitrogens is 2. The van der Waals surface area contributed by atoms with Gasteiger partial charge in [-0.3, -0.25) is 4.79 Å². The fraction of sp³-hybridized carbons (Fsp3) is 0.812. The van der Waals surface area contributed by atoms with Crippen molar-refractivity contribution in [3.8, 4) is 0 Å². The lowest BCUT2D eigenvalue weighted by Gasteiger charge is -2.39. The third-order valence-corrected chi connectivity index (χ3v) is 6.45. The smallest absolute Gasteiger partial charge is 0.281 e. The summed E-state index contributed by atoms with van der Waals surface area (Å²) in [5.41, 5.74) is 0. The lowest BCUT2D eigenvalue weighted by molar-refractivity contribution is -0.131. The molecule has 1 aromatic heterocycles. The summed E-state index contributed by atoms with van der Waals surface area (Å²) >= 11 is 0. The molecule has 1 aliphatic rings. The van der Waals surface area contributed by atoms with Crippen LogP contribution in [0.25, 0.3) is 0 Å². The first-order valence-corrected chi connectivity index (χ1v) is 10.3. The largest absolute Gasteiger partial charge is 0.339 e. The molecule has 0 N–H and O–H groups in total. The summed E-state index contributed by atoms with van der Waals surface area (Å²) < 4.78 is 32.6. The van der Waals surface area contributed by atoms with Gasteiger partial charge in [0.2, 0.25) is 11.8 Å². The average molecular weight is 388 g/mol. The predicted octanol–water partition coefficient (Wildman–Crippen LogP) is 0.855. The van der Waals surface area contributed by atoms with E-state index in [0.29, 0.717) is 37.8 Å². The number of hydrogen-bond donors (Lipinski definition) is 0. The second kappa shape index (κ2) is 8.45. The van der Waals surface area contributed by atoms with E-state index < -0.39 is 10.2 Å². The van der Waals surface area contributed by atoms with Crippen LogP contribution in [0.15, 0.2) is 4.52 Å². The predicted molar refractivity (Wildman–Crippen MR) is 96.7 cm³/mol. The Labute approximate surface area is 155 Å². The molecule has 1 unspecified atom stereocenters. The van der Waals surface area contributed by atoms with Gasteiger partial charge in [0.25, 0.3) is 10.2 Å². The van der Waals surface area contributed by atoms with Crippen LogP contribution in [-0.4, -0.2) is 77.7 Å². The van der Waals surface area contributed by atoms with Gasteiger partial charge in [0.15, 0.2) is 5.82 Å². The number of piperidine rings is 1. The maximum Gasteiger partial charge on any atom is 0.281 e. The van der Waals surface area contributed by atoms with Crippen molar-refractivity contribution in [2.45, 2.75) is 52.0 Å².